The van der Waals surface area contributed by atoms with Crippen molar-refractivity contribution in [3.63, 3.8) is 0 Å². The van der Waals surface area contributed by atoms with Crippen molar-refractivity contribution >= 4 is 0 Å². The van der Waals surface area contributed by atoms with E-state index in [1.54, 1.807) is 18.3 Å². The number of nitrogens with one attached hydrogen (secondary N) is 1. The average Bonchev–Trinajstić information content (AvgIpc) is 2.78. The summed E-state index contributed by atoms with van der Waals surface area (Å²) in [6.45, 7) is 5.32. The molecule has 0 aliphatic carbocycles. The van der Waals surface area contributed by atoms with Crippen molar-refractivity contribution in [3.05, 3.63) is 41.7 Å². The van der Waals surface area contributed by atoms with Crippen molar-refractivity contribution in [2.24, 2.45) is 0 Å². The van der Waals surface area contributed by atoms with Gasteiger partial charge in [0.05, 0.1) is 18.3 Å². The van der Waals surface area contributed by atoms with Crippen LogP contribution in [-0.4, -0.2) is 11.5 Å². The molecule has 0 atom stereocenters. The molecule has 1 aromatic carbocycles. The van der Waals surface area contributed by atoms with Crippen LogP contribution in [0.5, 0.6) is 0 Å². The second-order valence-electron chi connectivity index (χ2n) is 3.88. The van der Waals surface area contributed by atoms with Gasteiger partial charge >= 0.3 is 0 Å². The van der Waals surface area contributed by atoms with Gasteiger partial charge in [-0.25, -0.2) is 9.37 Å². The van der Waals surface area contributed by atoms with Crippen LogP contribution in [0, 0.1) is 12.7 Å². The zero-order chi connectivity index (χ0) is 12.3. The third-order valence-electron chi connectivity index (χ3n) is 2.47. The van der Waals surface area contributed by atoms with Crippen LogP contribution < -0.4 is 5.32 Å². The lowest BCUT2D eigenvalue weighted by Crippen LogP contribution is -2.11. The third kappa shape index (κ3) is 2.71. The van der Waals surface area contributed by atoms with Crippen LogP contribution in [0.2, 0.25) is 0 Å². The molecule has 0 spiro atoms. The zero-order valence-electron chi connectivity index (χ0n) is 9.96. The summed E-state index contributed by atoms with van der Waals surface area (Å²) in [6, 6.07) is 4.93. The first-order chi connectivity index (χ1) is 8.20. The highest BCUT2D eigenvalue weighted by atomic mass is 19.1. The molecule has 0 amide bonds. The molecule has 0 aliphatic heterocycles. The van der Waals surface area contributed by atoms with Crippen molar-refractivity contribution in [2.45, 2.75) is 20.4 Å². The minimum atomic E-state index is -0.290. The van der Waals surface area contributed by atoms with E-state index in [-0.39, 0.29) is 5.82 Å². The van der Waals surface area contributed by atoms with Gasteiger partial charge in [-0.15, -0.1) is 0 Å². The van der Waals surface area contributed by atoms with Gasteiger partial charge in [0, 0.05) is 0 Å². The molecule has 4 heteroatoms. The highest BCUT2D eigenvalue weighted by Crippen LogP contribution is 2.24. The van der Waals surface area contributed by atoms with Gasteiger partial charge in [-0.05, 0) is 25.6 Å². The fourth-order valence-corrected chi connectivity index (χ4v) is 1.58. The van der Waals surface area contributed by atoms with Gasteiger partial charge in [-0.1, -0.05) is 18.6 Å². The highest BCUT2D eigenvalue weighted by molar-refractivity contribution is 5.58. The molecule has 1 N–H and O–H groups in total. The summed E-state index contributed by atoms with van der Waals surface area (Å²) in [5.41, 5.74) is 1.45. The first-order valence-corrected chi connectivity index (χ1v) is 5.62. The van der Waals surface area contributed by atoms with Crippen LogP contribution in [0.25, 0.3) is 11.3 Å². The van der Waals surface area contributed by atoms with Crippen molar-refractivity contribution in [3.8, 4) is 11.3 Å². The number of hydrogen-bond donors (Lipinski definition) is 1. The quantitative estimate of drug-likeness (QED) is 0.884. The number of benzene rings is 1. The molecule has 2 rings (SSSR count). The first-order valence-electron chi connectivity index (χ1n) is 5.62. The van der Waals surface area contributed by atoms with E-state index in [0.29, 0.717) is 23.8 Å². The van der Waals surface area contributed by atoms with E-state index in [9.17, 15) is 4.39 Å². The molecule has 0 unspecified atom stereocenters. The Morgan fingerprint density at radius 1 is 1.41 bits per heavy atom. The Labute approximate surface area is 99.7 Å². The lowest BCUT2D eigenvalue weighted by atomic mass is 10.1. The summed E-state index contributed by atoms with van der Waals surface area (Å²) in [4.78, 5) is 4.11. The van der Waals surface area contributed by atoms with Crippen molar-refractivity contribution < 1.29 is 8.81 Å². The molecule has 1 heterocycles. The number of aryl methyl sites for hydroxylation is 1. The summed E-state index contributed by atoms with van der Waals surface area (Å²) in [6.07, 6.45) is 1.56. The summed E-state index contributed by atoms with van der Waals surface area (Å²) < 4.78 is 19.1. The Bertz CT molecular complexity index is 508. The van der Waals surface area contributed by atoms with E-state index in [1.165, 1.54) is 6.07 Å². The monoisotopic (exact) mass is 234 g/mol. The van der Waals surface area contributed by atoms with Crippen molar-refractivity contribution in [1.29, 1.82) is 0 Å². The number of aromatic nitrogens is 1. The number of nitrogens with zero attached hydrogens (tertiary/aromatic N) is 1. The maximum atomic E-state index is 13.6. The minimum absolute atomic E-state index is 0.290. The van der Waals surface area contributed by atoms with E-state index in [4.69, 9.17) is 4.42 Å². The maximum absolute atomic E-state index is 13.6. The van der Waals surface area contributed by atoms with Gasteiger partial charge in [0.15, 0.2) is 5.76 Å². The number of oxazole rings is 1. The Morgan fingerprint density at radius 2 is 2.24 bits per heavy atom. The van der Waals surface area contributed by atoms with Crippen LogP contribution in [0.15, 0.2) is 28.8 Å². The zero-order valence-corrected chi connectivity index (χ0v) is 9.96. The van der Waals surface area contributed by atoms with Gasteiger partial charge < -0.3 is 9.73 Å². The maximum Gasteiger partial charge on any atom is 0.208 e. The van der Waals surface area contributed by atoms with E-state index in [2.05, 4.69) is 10.3 Å². The molecular formula is C13H15FN2O. The Kier molecular flexibility index (Phi) is 3.54. The molecule has 0 radical (unpaired) electrons. The largest absolute Gasteiger partial charge is 0.439 e. The van der Waals surface area contributed by atoms with Crippen LogP contribution in [-0.2, 0) is 6.54 Å². The Hall–Kier alpha value is -1.68. The second-order valence-corrected chi connectivity index (χ2v) is 3.88. The fourth-order valence-electron chi connectivity index (χ4n) is 1.58. The summed E-state index contributed by atoms with van der Waals surface area (Å²) >= 11 is 0. The molecule has 0 saturated carbocycles. The van der Waals surface area contributed by atoms with E-state index >= 15 is 0 Å². The normalized spacial score (nSPS) is 10.8. The van der Waals surface area contributed by atoms with Crippen LogP contribution in [0.1, 0.15) is 18.4 Å². The third-order valence-corrected chi connectivity index (χ3v) is 2.47. The van der Waals surface area contributed by atoms with Gasteiger partial charge in [0.1, 0.15) is 5.82 Å². The Morgan fingerprint density at radius 3 is 3.00 bits per heavy atom. The average molecular weight is 234 g/mol. The highest BCUT2D eigenvalue weighted by Gasteiger charge is 2.10. The fraction of sp³-hybridized carbons (Fsp3) is 0.308. The van der Waals surface area contributed by atoms with E-state index < -0.39 is 0 Å². The van der Waals surface area contributed by atoms with Crippen molar-refractivity contribution in [2.75, 3.05) is 6.54 Å². The predicted molar refractivity (Wildman–Crippen MR) is 64.0 cm³/mol. The molecule has 3 nitrogen and oxygen atoms in total. The molecule has 0 aliphatic rings. The molecule has 17 heavy (non-hydrogen) atoms. The van der Waals surface area contributed by atoms with Gasteiger partial charge in [0.2, 0.25) is 5.89 Å². The molecule has 0 saturated heterocycles. The van der Waals surface area contributed by atoms with Gasteiger partial charge in [-0.2, -0.15) is 0 Å². The standard InChI is InChI=1S/C13H15FN2O/c1-3-15-8-13-16-7-12(17-13)10-6-9(2)4-5-11(10)14/h4-7,15H,3,8H2,1-2H3. The van der Waals surface area contributed by atoms with Crippen molar-refractivity contribution in [1.82, 2.24) is 10.3 Å². The van der Waals surface area contributed by atoms with Gasteiger partial charge in [-0.3, -0.25) is 0 Å². The Balaban J connectivity index is 2.27. The van der Waals surface area contributed by atoms with E-state index in [1.807, 2.05) is 13.8 Å². The molecule has 2 aromatic rings. The predicted octanol–water partition coefficient (Wildman–Crippen LogP) is 2.90. The molecule has 90 valence electrons. The molecule has 1 aromatic heterocycles. The second kappa shape index (κ2) is 5.10. The SMILES string of the molecule is CCNCc1ncc(-c2cc(C)ccc2F)o1. The molecular weight excluding hydrogens is 219 g/mol. The topological polar surface area (TPSA) is 38.1 Å². The number of rotatable bonds is 4. The minimum Gasteiger partial charge on any atom is -0.439 e. The van der Waals surface area contributed by atoms with Gasteiger partial charge in [0.25, 0.3) is 0 Å². The number of halogens is 1. The number of hydrogen-bond acceptors (Lipinski definition) is 3. The summed E-state index contributed by atoms with van der Waals surface area (Å²) in [5.74, 6) is 0.753. The first kappa shape index (κ1) is 11.8. The lowest BCUT2D eigenvalue weighted by molar-refractivity contribution is 0.479. The van der Waals surface area contributed by atoms with Crippen LogP contribution in [0.3, 0.4) is 0 Å². The van der Waals surface area contributed by atoms with Crippen LogP contribution in [0.4, 0.5) is 4.39 Å². The molecule has 0 bridgehead atoms. The summed E-state index contributed by atoms with van der Waals surface area (Å²) in [7, 11) is 0. The smallest absolute Gasteiger partial charge is 0.208 e. The summed E-state index contributed by atoms with van der Waals surface area (Å²) in [5, 5.41) is 3.11. The van der Waals surface area contributed by atoms with E-state index in [0.717, 1.165) is 12.1 Å². The molecule has 0 fully saturated rings. The lowest BCUT2D eigenvalue weighted by Gasteiger charge is -2.00. The van der Waals surface area contributed by atoms with Crippen LogP contribution >= 0.6 is 0 Å².